The molecule has 0 aliphatic heterocycles. The van der Waals surface area contributed by atoms with Gasteiger partial charge in [-0.15, -0.1) is 0 Å². The first kappa shape index (κ1) is 12.2. The van der Waals surface area contributed by atoms with Crippen LogP contribution in [-0.2, 0) is 4.79 Å². The molecule has 0 fully saturated rings. The molecule has 0 aliphatic carbocycles. The molecule has 1 rings (SSSR count). The molecule has 4 nitrogen and oxygen atoms in total. The molecule has 0 bridgehead atoms. The molecule has 0 saturated heterocycles. The Bertz CT molecular complexity index is 325. The minimum atomic E-state index is -0.158. The van der Waals surface area contributed by atoms with Gasteiger partial charge in [-0.05, 0) is 13.3 Å². The second-order valence-corrected chi connectivity index (χ2v) is 4.53. The van der Waals surface area contributed by atoms with E-state index in [4.69, 9.17) is 4.52 Å². The van der Waals surface area contributed by atoms with Gasteiger partial charge in [-0.2, -0.15) is 0 Å². The number of hydrogen-bond acceptors (Lipinski definition) is 3. The van der Waals surface area contributed by atoms with Crippen molar-refractivity contribution in [3.8, 4) is 0 Å². The Labute approximate surface area is 97.5 Å². The van der Waals surface area contributed by atoms with Crippen LogP contribution >= 0.6 is 15.9 Å². The molecule has 84 valence electrons. The van der Waals surface area contributed by atoms with Crippen molar-refractivity contribution in [2.75, 3.05) is 5.32 Å². The van der Waals surface area contributed by atoms with Crippen molar-refractivity contribution in [3.63, 3.8) is 0 Å². The van der Waals surface area contributed by atoms with Gasteiger partial charge in [0.05, 0.1) is 4.83 Å². The molecule has 0 unspecified atom stereocenters. The molecule has 1 N–H and O–H groups in total. The van der Waals surface area contributed by atoms with Crippen LogP contribution < -0.4 is 5.32 Å². The first-order valence-electron chi connectivity index (χ1n) is 5.01. The van der Waals surface area contributed by atoms with Crippen LogP contribution in [0.5, 0.6) is 0 Å². The number of halogens is 1. The van der Waals surface area contributed by atoms with Crippen LogP contribution in [-0.4, -0.2) is 15.9 Å². The molecule has 5 heteroatoms. The molecule has 0 saturated carbocycles. The number of carbonyl (C=O) groups excluding carboxylic acids is 1. The zero-order valence-corrected chi connectivity index (χ0v) is 10.5. The van der Waals surface area contributed by atoms with Crippen LogP contribution in [0.25, 0.3) is 0 Å². The third kappa shape index (κ3) is 4.03. The van der Waals surface area contributed by atoms with Gasteiger partial charge >= 0.3 is 0 Å². The van der Waals surface area contributed by atoms with E-state index >= 15 is 0 Å². The molecular formula is C10H15BrN2O2. The Morgan fingerprint density at radius 3 is 3.00 bits per heavy atom. The Morgan fingerprint density at radius 2 is 2.47 bits per heavy atom. The summed E-state index contributed by atoms with van der Waals surface area (Å²) in [5, 5.41) is 6.37. The van der Waals surface area contributed by atoms with Gasteiger partial charge in [-0.25, -0.2) is 0 Å². The number of nitrogens with one attached hydrogen (secondary N) is 1. The molecule has 1 aromatic rings. The van der Waals surface area contributed by atoms with E-state index in [1.54, 1.807) is 13.0 Å². The van der Waals surface area contributed by atoms with E-state index in [9.17, 15) is 4.79 Å². The summed E-state index contributed by atoms with van der Waals surface area (Å²) >= 11 is 3.34. The summed E-state index contributed by atoms with van der Waals surface area (Å²) in [5.74, 6) is 1.08. The third-order valence-electron chi connectivity index (χ3n) is 1.97. The minimum Gasteiger partial charge on any atom is -0.360 e. The maximum atomic E-state index is 11.6. The van der Waals surface area contributed by atoms with Gasteiger partial charge < -0.3 is 9.84 Å². The van der Waals surface area contributed by atoms with Gasteiger partial charge in [-0.1, -0.05) is 40.9 Å². The number of anilines is 1. The monoisotopic (exact) mass is 274 g/mol. The first-order valence-corrected chi connectivity index (χ1v) is 5.93. The van der Waals surface area contributed by atoms with E-state index in [0.29, 0.717) is 11.6 Å². The fourth-order valence-electron chi connectivity index (χ4n) is 1.14. The van der Waals surface area contributed by atoms with Crippen LogP contribution in [0.1, 0.15) is 31.9 Å². The zero-order chi connectivity index (χ0) is 11.3. The average Bonchev–Trinajstić information content (AvgIpc) is 2.60. The van der Waals surface area contributed by atoms with Crippen molar-refractivity contribution in [1.82, 2.24) is 5.16 Å². The van der Waals surface area contributed by atoms with Gasteiger partial charge in [0, 0.05) is 6.07 Å². The number of unbranched alkanes of at least 4 members (excludes halogenated alkanes) is 1. The van der Waals surface area contributed by atoms with Crippen LogP contribution in [0.2, 0.25) is 0 Å². The van der Waals surface area contributed by atoms with Crippen molar-refractivity contribution in [1.29, 1.82) is 0 Å². The van der Waals surface area contributed by atoms with Crippen molar-refractivity contribution in [3.05, 3.63) is 11.8 Å². The highest BCUT2D eigenvalue weighted by Gasteiger charge is 2.15. The predicted octanol–water partition coefficient (Wildman–Crippen LogP) is 2.88. The SMILES string of the molecule is CCCC[C@H](Br)C(=O)Nc1cc(C)on1. The van der Waals surface area contributed by atoms with Crippen molar-refractivity contribution in [2.45, 2.75) is 37.9 Å². The topological polar surface area (TPSA) is 55.1 Å². The van der Waals surface area contributed by atoms with Crippen LogP contribution in [0.4, 0.5) is 5.82 Å². The third-order valence-corrected chi connectivity index (χ3v) is 2.85. The number of carbonyl (C=O) groups is 1. The Kier molecular flexibility index (Phi) is 4.81. The van der Waals surface area contributed by atoms with E-state index in [0.717, 1.165) is 19.3 Å². The molecule has 1 aromatic heterocycles. The minimum absolute atomic E-state index is 0.0725. The number of alkyl halides is 1. The number of hydrogen-bond donors (Lipinski definition) is 1. The Balaban J connectivity index is 2.41. The summed E-state index contributed by atoms with van der Waals surface area (Å²) in [7, 11) is 0. The highest BCUT2D eigenvalue weighted by Crippen LogP contribution is 2.13. The lowest BCUT2D eigenvalue weighted by Crippen LogP contribution is -2.22. The molecule has 0 aliphatic rings. The quantitative estimate of drug-likeness (QED) is 0.840. The molecule has 0 spiro atoms. The first-order chi connectivity index (χ1) is 7.13. The summed E-state index contributed by atoms with van der Waals surface area (Å²) in [6.45, 7) is 3.88. The van der Waals surface area contributed by atoms with Crippen LogP contribution in [0, 0.1) is 6.92 Å². The van der Waals surface area contributed by atoms with Crippen LogP contribution in [0.15, 0.2) is 10.6 Å². The standard InChI is InChI=1S/C10H15BrN2O2/c1-3-4-5-8(11)10(14)12-9-6-7(2)15-13-9/h6,8H,3-5H2,1-2H3,(H,12,13,14)/t8-/m0/s1. The smallest absolute Gasteiger partial charge is 0.239 e. The second-order valence-electron chi connectivity index (χ2n) is 3.42. The van der Waals surface area contributed by atoms with Crippen molar-refractivity contribution < 1.29 is 9.32 Å². The molecule has 1 amide bonds. The predicted molar refractivity (Wildman–Crippen MR) is 62.1 cm³/mol. The fraction of sp³-hybridized carbons (Fsp3) is 0.600. The van der Waals surface area contributed by atoms with E-state index in [1.165, 1.54) is 0 Å². The van der Waals surface area contributed by atoms with Gasteiger partial charge in [0.25, 0.3) is 0 Å². The number of amides is 1. The average molecular weight is 275 g/mol. The molecule has 1 atom stereocenters. The lowest BCUT2D eigenvalue weighted by Gasteiger charge is -2.07. The van der Waals surface area contributed by atoms with Gasteiger partial charge in [0.2, 0.25) is 5.91 Å². The Hall–Kier alpha value is -0.840. The van der Waals surface area contributed by atoms with Crippen molar-refractivity contribution >= 4 is 27.7 Å². The van der Waals surface area contributed by atoms with Gasteiger partial charge in [0.1, 0.15) is 5.76 Å². The highest BCUT2D eigenvalue weighted by atomic mass is 79.9. The zero-order valence-electron chi connectivity index (χ0n) is 8.92. The van der Waals surface area contributed by atoms with E-state index in [2.05, 4.69) is 33.3 Å². The van der Waals surface area contributed by atoms with E-state index in [1.807, 2.05) is 0 Å². The van der Waals surface area contributed by atoms with E-state index in [-0.39, 0.29) is 10.7 Å². The molecule has 0 radical (unpaired) electrons. The molecule has 15 heavy (non-hydrogen) atoms. The summed E-state index contributed by atoms with van der Waals surface area (Å²) in [6, 6.07) is 1.69. The normalized spacial score (nSPS) is 12.5. The number of aryl methyl sites for hydroxylation is 1. The lowest BCUT2D eigenvalue weighted by molar-refractivity contribution is -0.115. The van der Waals surface area contributed by atoms with Crippen molar-refractivity contribution in [2.24, 2.45) is 0 Å². The second kappa shape index (κ2) is 5.90. The molecule has 0 aromatic carbocycles. The van der Waals surface area contributed by atoms with Gasteiger partial charge in [-0.3, -0.25) is 4.79 Å². The van der Waals surface area contributed by atoms with Gasteiger partial charge in [0.15, 0.2) is 5.82 Å². The number of aromatic nitrogens is 1. The maximum absolute atomic E-state index is 11.6. The van der Waals surface area contributed by atoms with Crippen LogP contribution in [0.3, 0.4) is 0 Å². The Morgan fingerprint density at radius 1 is 1.73 bits per heavy atom. The molecule has 1 heterocycles. The highest BCUT2D eigenvalue weighted by molar-refractivity contribution is 9.10. The largest absolute Gasteiger partial charge is 0.360 e. The lowest BCUT2D eigenvalue weighted by atomic mass is 10.2. The summed E-state index contributed by atoms with van der Waals surface area (Å²) in [5.41, 5.74) is 0. The molecular weight excluding hydrogens is 260 g/mol. The summed E-state index contributed by atoms with van der Waals surface area (Å²) in [6.07, 6.45) is 2.94. The summed E-state index contributed by atoms with van der Waals surface area (Å²) < 4.78 is 4.85. The maximum Gasteiger partial charge on any atom is 0.239 e. The fourth-order valence-corrected chi connectivity index (χ4v) is 1.58. The number of nitrogens with zero attached hydrogens (tertiary/aromatic N) is 1. The summed E-state index contributed by atoms with van der Waals surface area (Å²) in [4.78, 5) is 11.4. The van der Waals surface area contributed by atoms with E-state index < -0.39 is 0 Å². The number of rotatable bonds is 5.